The highest BCUT2D eigenvalue weighted by atomic mass is 32.2. The summed E-state index contributed by atoms with van der Waals surface area (Å²) in [5.41, 5.74) is 2.31. The Kier molecular flexibility index (Phi) is 8.33. The number of amides is 1. The number of ether oxygens (including phenoxy) is 2. The molecule has 2 rings (SSSR count). The van der Waals surface area contributed by atoms with E-state index in [-0.39, 0.29) is 24.6 Å². The van der Waals surface area contributed by atoms with Gasteiger partial charge < -0.3 is 14.8 Å². The van der Waals surface area contributed by atoms with Gasteiger partial charge in [0.05, 0.1) is 31.2 Å². The van der Waals surface area contributed by atoms with Crippen LogP contribution in [0.3, 0.4) is 0 Å². The number of carbonyl (C=O) groups is 1. The Hall–Kier alpha value is -2.74. The summed E-state index contributed by atoms with van der Waals surface area (Å²) >= 11 is 0. The van der Waals surface area contributed by atoms with E-state index in [0.717, 1.165) is 27.4 Å². The minimum Gasteiger partial charge on any atom is -0.496 e. The standard InChI is InChI=1S/C23H32N2O5S/c1-7-21(18-8-13-22(29-5)17(4)14-18)24-23(26)15-25(31(6,27)28)19-9-11-20(12-10-19)30-16(2)3/h8-14,16,21H,7,15H2,1-6H3,(H,24,26)/t21-/m1/s1. The van der Waals surface area contributed by atoms with Gasteiger partial charge >= 0.3 is 0 Å². The van der Waals surface area contributed by atoms with Gasteiger partial charge in [0.25, 0.3) is 0 Å². The Bertz CT molecular complexity index is 988. The van der Waals surface area contributed by atoms with Gasteiger partial charge in [-0.1, -0.05) is 19.1 Å². The first kappa shape index (κ1) is 24.5. The average Bonchev–Trinajstić information content (AvgIpc) is 2.69. The van der Waals surface area contributed by atoms with Gasteiger partial charge in [-0.3, -0.25) is 9.10 Å². The predicted octanol–water partition coefficient (Wildman–Crippen LogP) is 3.82. The van der Waals surface area contributed by atoms with E-state index in [0.29, 0.717) is 17.9 Å². The third-order valence-electron chi connectivity index (χ3n) is 4.75. The molecule has 0 radical (unpaired) electrons. The lowest BCUT2D eigenvalue weighted by Gasteiger charge is -2.24. The van der Waals surface area contributed by atoms with Crippen LogP contribution in [0, 0.1) is 6.92 Å². The van der Waals surface area contributed by atoms with Crippen LogP contribution in [0.4, 0.5) is 5.69 Å². The second-order valence-electron chi connectivity index (χ2n) is 7.69. The summed E-state index contributed by atoms with van der Waals surface area (Å²) < 4.78 is 36.7. The van der Waals surface area contributed by atoms with Gasteiger partial charge in [-0.15, -0.1) is 0 Å². The van der Waals surface area contributed by atoms with E-state index in [2.05, 4.69) is 5.32 Å². The van der Waals surface area contributed by atoms with Crippen molar-refractivity contribution in [2.75, 3.05) is 24.2 Å². The molecule has 0 fully saturated rings. The fourth-order valence-electron chi connectivity index (χ4n) is 3.27. The van der Waals surface area contributed by atoms with Crippen LogP contribution in [0.25, 0.3) is 0 Å². The largest absolute Gasteiger partial charge is 0.496 e. The second-order valence-corrected chi connectivity index (χ2v) is 9.59. The van der Waals surface area contributed by atoms with Crippen LogP contribution in [0.1, 0.15) is 44.4 Å². The van der Waals surface area contributed by atoms with E-state index in [1.807, 2.05) is 45.9 Å². The first-order valence-electron chi connectivity index (χ1n) is 10.2. The van der Waals surface area contributed by atoms with Crippen LogP contribution in [0.5, 0.6) is 11.5 Å². The molecule has 0 saturated heterocycles. The Balaban J connectivity index is 2.17. The second kappa shape index (κ2) is 10.5. The smallest absolute Gasteiger partial charge is 0.241 e. The Morgan fingerprint density at radius 3 is 2.26 bits per heavy atom. The number of benzene rings is 2. The number of nitrogens with zero attached hydrogens (tertiary/aromatic N) is 1. The minimum absolute atomic E-state index is 0.00945. The van der Waals surface area contributed by atoms with Gasteiger partial charge in [0.15, 0.2) is 0 Å². The Labute approximate surface area is 185 Å². The monoisotopic (exact) mass is 448 g/mol. The number of hydrogen-bond acceptors (Lipinski definition) is 5. The fraction of sp³-hybridized carbons (Fsp3) is 0.435. The fourth-order valence-corrected chi connectivity index (χ4v) is 4.13. The Morgan fingerprint density at radius 1 is 1.13 bits per heavy atom. The first-order valence-corrected chi connectivity index (χ1v) is 12.1. The summed E-state index contributed by atoms with van der Waals surface area (Å²) in [6, 6.07) is 12.2. The number of aryl methyl sites for hydroxylation is 1. The van der Waals surface area contributed by atoms with E-state index in [1.165, 1.54) is 0 Å². The molecule has 170 valence electrons. The molecule has 0 spiro atoms. The zero-order chi connectivity index (χ0) is 23.2. The molecular weight excluding hydrogens is 416 g/mol. The molecule has 0 aliphatic carbocycles. The summed E-state index contributed by atoms with van der Waals surface area (Å²) in [4.78, 5) is 12.8. The van der Waals surface area contributed by atoms with Crippen molar-refractivity contribution in [2.45, 2.75) is 46.3 Å². The van der Waals surface area contributed by atoms with Crippen LogP contribution in [-0.4, -0.2) is 40.3 Å². The molecule has 1 amide bonds. The van der Waals surface area contributed by atoms with Gasteiger partial charge in [0.2, 0.25) is 15.9 Å². The van der Waals surface area contributed by atoms with Gasteiger partial charge in [0.1, 0.15) is 18.0 Å². The number of methoxy groups -OCH3 is 1. The van der Waals surface area contributed by atoms with Crippen molar-refractivity contribution in [1.82, 2.24) is 5.32 Å². The summed E-state index contributed by atoms with van der Waals surface area (Å²) in [7, 11) is -2.04. The van der Waals surface area contributed by atoms with E-state index in [4.69, 9.17) is 9.47 Å². The maximum Gasteiger partial charge on any atom is 0.241 e. The molecule has 0 unspecified atom stereocenters. The molecule has 31 heavy (non-hydrogen) atoms. The van der Waals surface area contributed by atoms with Crippen molar-refractivity contribution in [3.63, 3.8) is 0 Å². The average molecular weight is 449 g/mol. The molecule has 0 bridgehead atoms. The SMILES string of the molecule is CC[C@@H](NC(=O)CN(c1ccc(OC(C)C)cc1)S(C)(=O)=O)c1ccc(OC)c(C)c1. The van der Waals surface area contributed by atoms with Crippen molar-refractivity contribution in [1.29, 1.82) is 0 Å². The highest BCUT2D eigenvalue weighted by Crippen LogP contribution is 2.25. The molecule has 8 heteroatoms. The maximum atomic E-state index is 12.8. The topological polar surface area (TPSA) is 84.9 Å². The van der Waals surface area contributed by atoms with Crippen LogP contribution in [-0.2, 0) is 14.8 Å². The van der Waals surface area contributed by atoms with Gasteiger partial charge in [-0.05, 0) is 68.7 Å². The van der Waals surface area contributed by atoms with Gasteiger partial charge in [-0.2, -0.15) is 0 Å². The van der Waals surface area contributed by atoms with E-state index >= 15 is 0 Å². The molecule has 1 N–H and O–H groups in total. The van der Waals surface area contributed by atoms with Crippen molar-refractivity contribution in [3.05, 3.63) is 53.6 Å². The molecule has 2 aromatic carbocycles. The van der Waals surface area contributed by atoms with E-state index in [1.54, 1.807) is 31.4 Å². The number of nitrogens with one attached hydrogen (secondary N) is 1. The van der Waals surface area contributed by atoms with E-state index < -0.39 is 10.0 Å². The van der Waals surface area contributed by atoms with Crippen molar-refractivity contribution in [2.24, 2.45) is 0 Å². The third-order valence-corrected chi connectivity index (χ3v) is 5.89. The summed E-state index contributed by atoms with van der Waals surface area (Å²) in [5.74, 6) is 1.03. The zero-order valence-corrected chi connectivity index (χ0v) is 19.8. The van der Waals surface area contributed by atoms with E-state index in [9.17, 15) is 13.2 Å². The number of sulfonamides is 1. The lowest BCUT2D eigenvalue weighted by atomic mass is 10.0. The maximum absolute atomic E-state index is 12.8. The van der Waals surface area contributed by atoms with Crippen LogP contribution >= 0.6 is 0 Å². The molecule has 0 aliphatic rings. The highest BCUT2D eigenvalue weighted by Gasteiger charge is 2.23. The minimum atomic E-state index is -3.66. The normalized spacial score (nSPS) is 12.4. The van der Waals surface area contributed by atoms with Crippen LogP contribution in [0.2, 0.25) is 0 Å². The molecule has 7 nitrogen and oxygen atoms in total. The Morgan fingerprint density at radius 2 is 1.77 bits per heavy atom. The zero-order valence-electron chi connectivity index (χ0n) is 19.0. The van der Waals surface area contributed by atoms with Crippen molar-refractivity contribution >= 4 is 21.6 Å². The van der Waals surface area contributed by atoms with Crippen LogP contribution in [0.15, 0.2) is 42.5 Å². The molecule has 0 aromatic heterocycles. The van der Waals surface area contributed by atoms with Crippen molar-refractivity contribution < 1.29 is 22.7 Å². The molecule has 1 atom stereocenters. The third kappa shape index (κ3) is 6.89. The summed E-state index contributed by atoms with van der Waals surface area (Å²) in [5, 5.41) is 2.95. The molecule has 0 saturated carbocycles. The van der Waals surface area contributed by atoms with Crippen molar-refractivity contribution in [3.8, 4) is 11.5 Å². The number of carbonyl (C=O) groups excluding carboxylic acids is 1. The molecule has 0 heterocycles. The molecular formula is C23H32N2O5S. The lowest BCUT2D eigenvalue weighted by molar-refractivity contribution is -0.120. The quantitative estimate of drug-likeness (QED) is 0.597. The van der Waals surface area contributed by atoms with Gasteiger partial charge in [-0.25, -0.2) is 8.42 Å². The van der Waals surface area contributed by atoms with Gasteiger partial charge in [0, 0.05) is 0 Å². The number of hydrogen-bond donors (Lipinski definition) is 1. The lowest BCUT2D eigenvalue weighted by Crippen LogP contribution is -2.41. The highest BCUT2D eigenvalue weighted by molar-refractivity contribution is 7.92. The molecule has 0 aliphatic heterocycles. The first-order chi connectivity index (χ1) is 14.5. The predicted molar refractivity (Wildman–Crippen MR) is 123 cm³/mol. The summed E-state index contributed by atoms with van der Waals surface area (Å²) in [6.45, 7) is 7.42. The molecule has 2 aromatic rings. The number of rotatable bonds is 10. The number of anilines is 1. The van der Waals surface area contributed by atoms with Crippen LogP contribution < -0.4 is 19.1 Å². The summed E-state index contributed by atoms with van der Waals surface area (Å²) in [6.07, 6.45) is 1.76.